The van der Waals surface area contributed by atoms with Crippen LogP contribution in [0.25, 0.3) is 5.69 Å². The smallest absolute Gasteiger partial charge is 0.230 e. The van der Waals surface area contributed by atoms with Gasteiger partial charge in [-0.2, -0.15) is 0 Å². The van der Waals surface area contributed by atoms with Gasteiger partial charge in [0.1, 0.15) is 0 Å². The molecule has 0 atom stereocenters. The minimum absolute atomic E-state index is 0.0653. The molecule has 162 valence electrons. The number of rotatable bonds is 8. The Bertz CT molecular complexity index is 1030. The Labute approximate surface area is 187 Å². The molecule has 0 aliphatic heterocycles. The molecule has 2 aromatic carbocycles. The number of aromatic nitrogens is 3. The zero-order valence-corrected chi connectivity index (χ0v) is 18.9. The number of hydrogen-bond acceptors (Lipinski definition) is 5. The summed E-state index contributed by atoms with van der Waals surface area (Å²) in [5.74, 6) is 1.22. The highest BCUT2D eigenvalue weighted by Crippen LogP contribution is 2.25. The van der Waals surface area contributed by atoms with Gasteiger partial charge in [0.05, 0.1) is 12.3 Å². The molecule has 6 nitrogen and oxygen atoms in total. The summed E-state index contributed by atoms with van der Waals surface area (Å²) < 4.78 is 2.05. The van der Waals surface area contributed by atoms with Crippen LogP contribution in [0.3, 0.4) is 0 Å². The third kappa shape index (κ3) is 5.47. The average molecular weight is 436 g/mol. The van der Waals surface area contributed by atoms with Gasteiger partial charge in [-0.05, 0) is 62.1 Å². The lowest BCUT2D eigenvalue weighted by molar-refractivity contribution is -0.119. The minimum Gasteiger partial charge on any atom is -0.378 e. The summed E-state index contributed by atoms with van der Waals surface area (Å²) in [6, 6.07) is 16.7. The predicted molar refractivity (Wildman–Crippen MR) is 126 cm³/mol. The number of nitrogens with zero attached hydrogens (tertiary/aromatic N) is 3. The zero-order chi connectivity index (χ0) is 21.6. The third-order valence-electron chi connectivity index (χ3n) is 5.73. The van der Waals surface area contributed by atoms with E-state index in [9.17, 15) is 4.79 Å². The molecule has 0 radical (unpaired) electrons. The molecule has 0 unspecified atom stereocenters. The molecule has 1 amide bonds. The molecule has 1 aliphatic rings. The van der Waals surface area contributed by atoms with E-state index >= 15 is 0 Å². The molecule has 0 bridgehead atoms. The van der Waals surface area contributed by atoms with Crippen LogP contribution in [0.4, 0.5) is 5.69 Å². The van der Waals surface area contributed by atoms with E-state index in [2.05, 4.69) is 57.4 Å². The second kappa shape index (κ2) is 10.0. The van der Waals surface area contributed by atoms with Gasteiger partial charge in [0.25, 0.3) is 0 Å². The van der Waals surface area contributed by atoms with Crippen molar-refractivity contribution >= 4 is 23.4 Å². The first-order valence-corrected chi connectivity index (χ1v) is 11.8. The Morgan fingerprint density at radius 1 is 1.06 bits per heavy atom. The van der Waals surface area contributed by atoms with Crippen molar-refractivity contribution in [1.82, 2.24) is 20.1 Å². The first-order chi connectivity index (χ1) is 15.1. The van der Waals surface area contributed by atoms with Crippen LogP contribution in [-0.2, 0) is 11.3 Å². The maximum absolute atomic E-state index is 12.4. The van der Waals surface area contributed by atoms with Crippen LogP contribution in [0.15, 0.2) is 53.7 Å². The van der Waals surface area contributed by atoms with E-state index in [1.165, 1.54) is 35.7 Å². The lowest BCUT2D eigenvalue weighted by atomic mass is 10.1. The summed E-state index contributed by atoms with van der Waals surface area (Å²) in [5.41, 5.74) is 4.49. The fraction of sp³-hybridized carbons (Fsp3) is 0.375. The molecule has 1 aromatic heterocycles. The van der Waals surface area contributed by atoms with Crippen molar-refractivity contribution in [3.63, 3.8) is 0 Å². The molecule has 1 aliphatic carbocycles. The lowest BCUT2D eigenvalue weighted by Crippen LogP contribution is -2.33. The van der Waals surface area contributed by atoms with Gasteiger partial charge in [-0.15, -0.1) is 10.2 Å². The molecule has 1 saturated carbocycles. The highest BCUT2D eigenvalue weighted by Gasteiger charge is 2.19. The highest BCUT2D eigenvalue weighted by molar-refractivity contribution is 7.99. The Balaban J connectivity index is 1.53. The van der Waals surface area contributed by atoms with E-state index in [1.54, 1.807) is 0 Å². The average Bonchev–Trinajstić information content (AvgIpc) is 3.43. The molecular formula is C24H29N5OS. The normalized spacial score (nSPS) is 14.0. The molecular weight excluding hydrogens is 406 g/mol. The van der Waals surface area contributed by atoms with E-state index in [4.69, 9.17) is 0 Å². The van der Waals surface area contributed by atoms with Gasteiger partial charge < -0.3 is 10.6 Å². The molecule has 2 N–H and O–H groups in total. The monoisotopic (exact) mass is 435 g/mol. The Kier molecular flexibility index (Phi) is 6.92. The van der Waals surface area contributed by atoms with Gasteiger partial charge in [0.15, 0.2) is 11.0 Å². The maximum atomic E-state index is 12.4. The van der Waals surface area contributed by atoms with Crippen molar-refractivity contribution < 1.29 is 4.79 Å². The summed E-state index contributed by atoms with van der Waals surface area (Å²) in [6.45, 7) is 4.75. The van der Waals surface area contributed by atoms with Crippen molar-refractivity contribution in [2.24, 2.45) is 0 Å². The number of aryl methyl sites for hydroxylation is 2. The van der Waals surface area contributed by atoms with Crippen LogP contribution in [0.5, 0.6) is 0 Å². The Hall–Kier alpha value is -2.80. The summed E-state index contributed by atoms with van der Waals surface area (Å²) in [6.07, 6.45) is 4.59. The maximum Gasteiger partial charge on any atom is 0.230 e. The van der Waals surface area contributed by atoms with Gasteiger partial charge in [-0.1, -0.05) is 48.9 Å². The van der Waals surface area contributed by atoms with Gasteiger partial charge >= 0.3 is 0 Å². The zero-order valence-electron chi connectivity index (χ0n) is 18.1. The fourth-order valence-corrected chi connectivity index (χ4v) is 4.62. The molecule has 7 heteroatoms. The van der Waals surface area contributed by atoms with Crippen LogP contribution in [0.2, 0.25) is 0 Å². The topological polar surface area (TPSA) is 71.8 Å². The van der Waals surface area contributed by atoms with E-state index in [-0.39, 0.29) is 5.91 Å². The van der Waals surface area contributed by atoms with Crippen LogP contribution >= 0.6 is 11.8 Å². The van der Waals surface area contributed by atoms with Crippen molar-refractivity contribution in [3.05, 3.63) is 65.5 Å². The number of para-hydroxylation sites is 1. The predicted octanol–water partition coefficient (Wildman–Crippen LogP) is 4.65. The Morgan fingerprint density at radius 3 is 2.58 bits per heavy atom. The number of thioether (sulfide) groups is 1. The van der Waals surface area contributed by atoms with Crippen molar-refractivity contribution in [2.75, 3.05) is 11.1 Å². The number of carbonyl (C=O) groups is 1. The molecule has 31 heavy (non-hydrogen) atoms. The summed E-state index contributed by atoms with van der Waals surface area (Å²) in [7, 11) is 0. The van der Waals surface area contributed by atoms with Gasteiger partial charge in [-0.25, -0.2) is 0 Å². The van der Waals surface area contributed by atoms with Crippen LogP contribution in [-0.4, -0.2) is 32.5 Å². The first kappa shape index (κ1) is 21.4. The number of hydrogen-bond donors (Lipinski definition) is 2. The van der Waals surface area contributed by atoms with Crippen LogP contribution in [0.1, 0.15) is 42.6 Å². The summed E-state index contributed by atoms with van der Waals surface area (Å²) in [5, 5.41) is 16.1. The van der Waals surface area contributed by atoms with Crippen LogP contribution < -0.4 is 10.6 Å². The number of benzene rings is 2. The number of amides is 1. The standard InChI is InChI=1S/C24H29N5OS/c1-17-12-13-21(14-18(17)2)29-22(15-25-19-8-4-3-5-9-19)27-28-24(29)31-16-23(30)26-20-10-6-7-11-20/h3-5,8-9,12-14,20,25H,6-7,10-11,15-16H2,1-2H3,(H,26,30). The fourth-order valence-electron chi connectivity index (χ4n) is 3.84. The van der Waals surface area contributed by atoms with Crippen molar-refractivity contribution in [2.45, 2.75) is 57.3 Å². The molecule has 4 rings (SSSR count). The summed E-state index contributed by atoms with van der Waals surface area (Å²) >= 11 is 1.44. The molecule has 1 heterocycles. The largest absolute Gasteiger partial charge is 0.378 e. The molecule has 1 fully saturated rings. The van der Waals surface area contributed by atoms with Crippen molar-refractivity contribution in [1.29, 1.82) is 0 Å². The second-order valence-electron chi connectivity index (χ2n) is 8.06. The summed E-state index contributed by atoms with van der Waals surface area (Å²) in [4.78, 5) is 12.4. The number of carbonyl (C=O) groups excluding carboxylic acids is 1. The van der Waals surface area contributed by atoms with E-state index in [0.29, 0.717) is 18.3 Å². The lowest BCUT2D eigenvalue weighted by Gasteiger charge is -2.14. The molecule has 0 spiro atoms. The second-order valence-corrected chi connectivity index (χ2v) is 9.00. The quantitative estimate of drug-likeness (QED) is 0.504. The first-order valence-electron chi connectivity index (χ1n) is 10.8. The van der Waals surface area contributed by atoms with Gasteiger partial charge in [-0.3, -0.25) is 9.36 Å². The van der Waals surface area contributed by atoms with Gasteiger partial charge in [0, 0.05) is 17.4 Å². The van der Waals surface area contributed by atoms with Crippen LogP contribution in [0, 0.1) is 13.8 Å². The number of nitrogens with one attached hydrogen (secondary N) is 2. The Morgan fingerprint density at radius 2 is 1.84 bits per heavy atom. The number of anilines is 1. The SMILES string of the molecule is Cc1ccc(-n2c(CNc3ccccc3)nnc2SCC(=O)NC2CCCC2)cc1C. The molecule has 0 saturated heterocycles. The minimum atomic E-state index is 0.0653. The van der Waals surface area contributed by atoms with Crippen molar-refractivity contribution in [3.8, 4) is 5.69 Å². The molecule has 3 aromatic rings. The highest BCUT2D eigenvalue weighted by atomic mass is 32.2. The van der Waals surface area contributed by atoms with E-state index in [1.807, 2.05) is 30.3 Å². The third-order valence-corrected chi connectivity index (χ3v) is 6.66. The van der Waals surface area contributed by atoms with Gasteiger partial charge in [0.2, 0.25) is 5.91 Å². The van der Waals surface area contributed by atoms with E-state index in [0.717, 1.165) is 35.2 Å². The van der Waals surface area contributed by atoms with E-state index < -0.39 is 0 Å².